The van der Waals surface area contributed by atoms with Crippen LogP contribution in [0.1, 0.15) is 11.3 Å². The number of rotatable bonds is 5. The summed E-state index contributed by atoms with van der Waals surface area (Å²) in [6.07, 6.45) is 0. The van der Waals surface area contributed by atoms with Crippen LogP contribution in [0.25, 0.3) is 0 Å². The van der Waals surface area contributed by atoms with Crippen molar-refractivity contribution in [3.8, 4) is 5.75 Å². The fourth-order valence-corrected chi connectivity index (χ4v) is 2.37. The number of nitrogens with zero attached hydrogens (tertiary/aromatic N) is 2. The smallest absolute Gasteiger partial charge is 0.229 e. The van der Waals surface area contributed by atoms with Crippen LogP contribution in [0, 0.1) is 13.8 Å². The fraction of sp³-hybridized carbons (Fsp3) is 0.158. The molecule has 0 saturated heterocycles. The Morgan fingerprint density at radius 2 is 1.71 bits per heavy atom. The molecule has 24 heavy (non-hydrogen) atoms. The minimum atomic E-state index is 0.541. The molecule has 1 aromatic heterocycles. The van der Waals surface area contributed by atoms with Gasteiger partial charge < -0.3 is 15.4 Å². The highest BCUT2D eigenvalue weighted by molar-refractivity contribution is 5.63. The quantitative estimate of drug-likeness (QED) is 0.720. The van der Waals surface area contributed by atoms with Gasteiger partial charge in [-0.3, -0.25) is 0 Å². The van der Waals surface area contributed by atoms with Crippen LogP contribution in [-0.2, 0) is 0 Å². The number of aromatic nitrogens is 2. The molecular formula is C19H20N4O. The number of nitrogens with one attached hydrogen (secondary N) is 2. The third-order valence-corrected chi connectivity index (χ3v) is 3.59. The molecule has 0 amide bonds. The minimum Gasteiger partial charge on any atom is -0.497 e. The predicted octanol–water partition coefficient (Wildman–Crippen LogP) is 4.59. The molecule has 0 bridgehead atoms. The third kappa shape index (κ3) is 3.81. The van der Waals surface area contributed by atoms with Gasteiger partial charge in [-0.1, -0.05) is 24.3 Å². The van der Waals surface area contributed by atoms with Gasteiger partial charge in [-0.25, -0.2) is 4.98 Å². The summed E-state index contributed by atoms with van der Waals surface area (Å²) in [4.78, 5) is 8.99. The predicted molar refractivity (Wildman–Crippen MR) is 97.5 cm³/mol. The van der Waals surface area contributed by atoms with E-state index in [0.717, 1.165) is 34.2 Å². The Kier molecular flexibility index (Phi) is 4.61. The Morgan fingerprint density at radius 3 is 2.50 bits per heavy atom. The van der Waals surface area contributed by atoms with Crippen LogP contribution >= 0.6 is 0 Å². The Morgan fingerprint density at radius 1 is 0.875 bits per heavy atom. The maximum absolute atomic E-state index is 5.24. The van der Waals surface area contributed by atoms with E-state index < -0.39 is 0 Å². The lowest BCUT2D eigenvalue weighted by Crippen LogP contribution is -2.03. The van der Waals surface area contributed by atoms with Gasteiger partial charge >= 0.3 is 0 Å². The summed E-state index contributed by atoms with van der Waals surface area (Å²) < 4.78 is 5.24. The molecule has 0 unspecified atom stereocenters. The number of anilines is 4. The molecule has 0 fully saturated rings. The van der Waals surface area contributed by atoms with E-state index in [1.165, 1.54) is 0 Å². The molecule has 2 N–H and O–H groups in total. The van der Waals surface area contributed by atoms with Gasteiger partial charge in [-0.05, 0) is 37.6 Å². The van der Waals surface area contributed by atoms with Crippen molar-refractivity contribution in [3.05, 3.63) is 65.9 Å². The first-order valence-corrected chi connectivity index (χ1v) is 7.73. The summed E-state index contributed by atoms with van der Waals surface area (Å²) in [6.45, 7) is 4.01. The van der Waals surface area contributed by atoms with Crippen molar-refractivity contribution in [2.45, 2.75) is 13.8 Å². The highest BCUT2D eigenvalue weighted by Gasteiger charge is 2.05. The molecule has 0 atom stereocenters. The van der Waals surface area contributed by atoms with E-state index in [1.807, 2.05) is 55.5 Å². The van der Waals surface area contributed by atoms with Crippen LogP contribution in [0.5, 0.6) is 5.75 Å². The van der Waals surface area contributed by atoms with Crippen molar-refractivity contribution in [3.63, 3.8) is 0 Å². The summed E-state index contributed by atoms with van der Waals surface area (Å²) in [7, 11) is 1.65. The van der Waals surface area contributed by atoms with Gasteiger partial charge in [0.1, 0.15) is 11.6 Å². The normalized spacial score (nSPS) is 10.3. The molecular weight excluding hydrogens is 300 g/mol. The molecule has 3 rings (SSSR count). The second-order valence-electron chi connectivity index (χ2n) is 5.52. The number of aryl methyl sites for hydroxylation is 2. The Balaban J connectivity index is 1.84. The van der Waals surface area contributed by atoms with Gasteiger partial charge in [-0.15, -0.1) is 0 Å². The van der Waals surface area contributed by atoms with Crippen molar-refractivity contribution < 1.29 is 4.74 Å². The maximum atomic E-state index is 5.24. The largest absolute Gasteiger partial charge is 0.497 e. The van der Waals surface area contributed by atoms with Crippen LogP contribution < -0.4 is 15.4 Å². The number of benzene rings is 2. The SMILES string of the molecule is COc1cccc(Nc2nc(C)cc(Nc3ccccc3C)n2)c1. The van der Waals surface area contributed by atoms with Gasteiger partial charge in [0.25, 0.3) is 0 Å². The molecule has 5 nitrogen and oxygen atoms in total. The molecule has 122 valence electrons. The van der Waals surface area contributed by atoms with Crippen molar-refractivity contribution in [2.24, 2.45) is 0 Å². The highest BCUT2D eigenvalue weighted by Crippen LogP contribution is 2.23. The summed E-state index contributed by atoms with van der Waals surface area (Å²) in [5.74, 6) is 2.08. The summed E-state index contributed by atoms with van der Waals surface area (Å²) in [5.41, 5.74) is 3.95. The number of hydrogen-bond acceptors (Lipinski definition) is 5. The van der Waals surface area contributed by atoms with E-state index in [1.54, 1.807) is 7.11 Å². The lowest BCUT2D eigenvalue weighted by Gasteiger charge is -2.12. The number of hydrogen-bond donors (Lipinski definition) is 2. The first kappa shape index (κ1) is 15.8. The molecule has 0 aliphatic carbocycles. The standard InChI is InChI=1S/C19H20N4O/c1-13-7-4-5-10-17(13)22-18-11-14(2)20-19(23-18)21-15-8-6-9-16(12-15)24-3/h4-12H,1-3H3,(H2,20,21,22,23). The van der Waals surface area contributed by atoms with Crippen molar-refractivity contribution >= 4 is 23.1 Å². The number of methoxy groups -OCH3 is 1. The van der Waals surface area contributed by atoms with Crippen LogP contribution in [0.2, 0.25) is 0 Å². The summed E-state index contributed by atoms with van der Waals surface area (Å²) in [6, 6.07) is 17.7. The zero-order valence-corrected chi connectivity index (χ0v) is 14.0. The number of ether oxygens (including phenoxy) is 1. The van der Waals surface area contributed by atoms with Crippen molar-refractivity contribution in [1.29, 1.82) is 0 Å². The lowest BCUT2D eigenvalue weighted by atomic mass is 10.2. The Bertz CT molecular complexity index is 848. The molecule has 0 aliphatic rings. The van der Waals surface area contributed by atoms with E-state index in [0.29, 0.717) is 5.95 Å². The zero-order chi connectivity index (χ0) is 16.9. The lowest BCUT2D eigenvalue weighted by molar-refractivity contribution is 0.415. The van der Waals surface area contributed by atoms with E-state index >= 15 is 0 Å². The van der Waals surface area contributed by atoms with Crippen LogP contribution in [0.3, 0.4) is 0 Å². The average molecular weight is 320 g/mol. The molecule has 5 heteroatoms. The van der Waals surface area contributed by atoms with Crippen LogP contribution in [0.15, 0.2) is 54.6 Å². The van der Waals surface area contributed by atoms with Crippen LogP contribution in [0.4, 0.5) is 23.1 Å². The van der Waals surface area contributed by atoms with Gasteiger partial charge in [0.2, 0.25) is 5.95 Å². The number of para-hydroxylation sites is 1. The van der Waals surface area contributed by atoms with Gasteiger partial charge in [0.05, 0.1) is 7.11 Å². The molecule has 0 aliphatic heterocycles. The van der Waals surface area contributed by atoms with Crippen molar-refractivity contribution in [2.75, 3.05) is 17.7 Å². The van der Waals surface area contributed by atoms with Gasteiger partial charge in [0.15, 0.2) is 0 Å². The topological polar surface area (TPSA) is 59.1 Å². The van der Waals surface area contributed by atoms with Gasteiger partial charge in [0, 0.05) is 29.2 Å². The third-order valence-electron chi connectivity index (χ3n) is 3.59. The molecule has 0 radical (unpaired) electrons. The Hall–Kier alpha value is -3.08. The van der Waals surface area contributed by atoms with E-state index in [4.69, 9.17) is 4.74 Å². The molecule has 1 heterocycles. The zero-order valence-electron chi connectivity index (χ0n) is 14.0. The first-order valence-electron chi connectivity index (χ1n) is 7.73. The van der Waals surface area contributed by atoms with E-state index in [-0.39, 0.29) is 0 Å². The second kappa shape index (κ2) is 7.00. The molecule has 0 saturated carbocycles. The molecule has 2 aromatic carbocycles. The summed E-state index contributed by atoms with van der Waals surface area (Å²) in [5, 5.41) is 6.56. The van der Waals surface area contributed by atoms with E-state index in [9.17, 15) is 0 Å². The van der Waals surface area contributed by atoms with Gasteiger partial charge in [-0.2, -0.15) is 4.98 Å². The van der Waals surface area contributed by atoms with E-state index in [2.05, 4.69) is 33.6 Å². The monoisotopic (exact) mass is 320 g/mol. The second-order valence-corrected chi connectivity index (χ2v) is 5.52. The van der Waals surface area contributed by atoms with Crippen molar-refractivity contribution in [1.82, 2.24) is 9.97 Å². The first-order chi connectivity index (χ1) is 11.6. The summed E-state index contributed by atoms with van der Waals surface area (Å²) >= 11 is 0. The minimum absolute atomic E-state index is 0.541. The fourth-order valence-electron chi connectivity index (χ4n) is 2.37. The highest BCUT2D eigenvalue weighted by atomic mass is 16.5. The average Bonchev–Trinajstić information content (AvgIpc) is 2.56. The maximum Gasteiger partial charge on any atom is 0.229 e. The molecule has 3 aromatic rings. The molecule has 0 spiro atoms. The Labute approximate surface area is 141 Å². The van der Waals surface area contributed by atoms with Crippen LogP contribution in [-0.4, -0.2) is 17.1 Å².